The lowest BCUT2D eigenvalue weighted by molar-refractivity contribution is 0.839. The predicted octanol–water partition coefficient (Wildman–Crippen LogP) is 5.32. The number of aromatic nitrogens is 1. The summed E-state index contributed by atoms with van der Waals surface area (Å²) in [6.45, 7) is 2.02. The van der Waals surface area contributed by atoms with E-state index in [1.807, 2.05) is 37.3 Å². The van der Waals surface area contributed by atoms with Crippen LogP contribution in [0.2, 0.25) is 10.0 Å². The molecule has 0 aliphatic heterocycles. The zero-order valence-electron chi connectivity index (χ0n) is 9.62. The van der Waals surface area contributed by atoms with Gasteiger partial charge in [-0.3, -0.25) is 4.98 Å². The molecule has 2 rings (SSSR count). The summed E-state index contributed by atoms with van der Waals surface area (Å²) in [6, 6.07) is 9.61. The number of hydrogen-bond donors (Lipinski definition) is 1. The van der Waals surface area contributed by atoms with Crippen LogP contribution in [-0.2, 0) is 0 Å². The van der Waals surface area contributed by atoms with Gasteiger partial charge in [0.25, 0.3) is 0 Å². The minimum Gasteiger partial charge on any atom is -0.376 e. The largest absolute Gasteiger partial charge is 0.376 e. The summed E-state index contributed by atoms with van der Waals surface area (Å²) in [6.07, 6.45) is 1.77. The molecule has 5 heteroatoms. The van der Waals surface area contributed by atoms with Crippen LogP contribution in [-0.4, -0.2) is 4.98 Å². The summed E-state index contributed by atoms with van der Waals surface area (Å²) in [5, 5.41) is 4.31. The van der Waals surface area contributed by atoms with Crippen molar-refractivity contribution in [3.63, 3.8) is 0 Å². The van der Waals surface area contributed by atoms with Crippen LogP contribution >= 0.6 is 39.1 Å². The second kappa shape index (κ2) is 5.91. The molecule has 0 saturated heterocycles. The Balaban J connectivity index is 2.22. The van der Waals surface area contributed by atoms with Gasteiger partial charge in [-0.2, -0.15) is 0 Å². The highest BCUT2D eigenvalue weighted by atomic mass is 79.9. The zero-order valence-corrected chi connectivity index (χ0v) is 12.7. The second-order valence-corrected chi connectivity index (χ2v) is 5.45. The molecule has 0 aliphatic rings. The maximum Gasteiger partial charge on any atom is 0.0835 e. The van der Waals surface area contributed by atoms with Crippen LogP contribution in [0.3, 0.4) is 0 Å². The van der Waals surface area contributed by atoms with E-state index >= 15 is 0 Å². The Bertz CT molecular complexity index is 546. The topological polar surface area (TPSA) is 24.9 Å². The van der Waals surface area contributed by atoms with Gasteiger partial charge < -0.3 is 5.32 Å². The average molecular weight is 346 g/mol. The summed E-state index contributed by atoms with van der Waals surface area (Å²) >= 11 is 15.6. The van der Waals surface area contributed by atoms with Crippen molar-refractivity contribution in [3.05, 3.63) is 56.7 Å². The molecule has 0 fully saturated rings. The highest BCUT2D eigenvalue weighted by Gasteiger charge is 2.12. The number of rotatable bonds is 3. The molecule has 0 bridgehead atoms. The lowest BCUT2D eigenvalue weighted by atomic mass is 10.2. The Kier molecular flexibility index (Phi) is 4.49. The molecule has 1 N–H and O–H groups in total. The standard InChI is InChI=1S/C13H11BrCl2N2/c1-8(10-4-2-3-7-17-10)18-11-6-5-9(14)12(15)13(11)16/h2-8,18H,1H3. The fourth-order valence-electron chi connectivity index (χ4n) is 1.58. The molecule has 0 spiro atoms. The van der Waals surface area contributed by atoms with Crippen LogP contribution in [0, 0.1) is 0 Å². The molecular formula is C13H11BrCl2N2. The number of hydrogen-bond acceptors (Lipinski definition) is 2. The van der Waals surface area contributed by atoms with Crippen molar-refractivity contribution in [1.82, 2.24) is 4.98 Å². The zero-order chi connectivity index (χ0) is 13.1. The Morgan fingerprint density at radius 1 is 1.17 bits per heavy atom. The first-order valence-electron chi connectivity index (χ1n) is 5.40. The fraction of sp³-hybridized carbons (Fsp3) is 0.154. The van der Waals surface area contributed by atoms with Crippen LogP contribution in [0.15, 0.2) is 41.0 Å². The SMILES string of the molecule is CC(Nc1ccc(Br)c(Cl)c1Cl)c1ccccn1. The smallest absolute Gasteiger partial charge is 0.0835 e. The molecule has 1 heterocycles. The number of halogens is 3. The van der Waals surface area contributed by atoms with E-state index in [-0.39, 0.29) is 6.04 Å². The molecule has 2 nitrogen and oxygen atoms in total. The number of benzene rings is 1. The van der Waals surface area contributed by atoms with Crippen molar-refractivity contribution in [2.24, 2.45) is 0 Å². The predicted molar refractivity (Wildman–Crippen MR) is 80.4 cm³/mol. The first-order valence-corrected chi connectivity index (χ1v) is 6.95. The average Bonchev–Trinajstić information content (AvgIpc) is 2.40. The Morgan fingerprint density at radius 3 is 2.61 bits per heavy atom. The molecule has 0 aliphatic carbocycles. The fourth-order valence-corrected chi connectivity index (χ4v) is 2.41. The van der Waals surface area contributed by atoms with Crippen LogP contribution in [0.25, 0.3) is 0 Å². The van der Waals surface area contributed by atoms with Gasteiger partial charge in [-0.15, -0.1) is 0 Å². The molecule has 2 aromatic rings. The highest BCUT2D eigenvalue weighted by molar-refractivity contribution is 9.10. The van der Waals surface area contributed by atoms with E-state index in [1.165, 1.54) is 0 Å². The monoisotopic (exact) mass is 344 g/mol. The third-order valence-corrected chi connectivity index (χ3v) is 4.31. The lowest BCUT2D eigenvalue weighted by Crippen LogP contribution is -2.08. The van der Waals surface area contributed by atoms with E-state index in [0.29, 0.717) is 10.0 Å². The molecule has 1 aromatic carbocycles. The maximum atomic E-state index is 6.19. The van der Waals surface area contributed by atoms with Crippen LogP contribution in [0.4, 0.5) is 5.69 Å². The number of pyridine rings is 1. The number of nitrogens with one attached hydrogen (secondary N) is 1. The van der Waals surface area contributed by atoms with Crippen molar-refractivity contribution in [2.75, 3.05) is 5.32 Å². The molecule has 0 saturated carbocycles. The van der Waals surface area contributed by atoms with Crippen molar-refractivity contribution in [2.45, 2.75) is 13.0 Å². The summed E-state index contributed by atoms with van der Waals surface area (Å²) in [5.41, 5.74) is 1.75. The van der Waals surface area contributed by atoms with Crippen LogP contribution in [0.1, 0.15) is 18.7 Å². The quantitative estimate of drug-likeness (QED) is 0.761. The van der Waals surface area contributed by atoms with Gasteiger partial charge in [-0.1, -0.05) is 29.3 Å². The first kappa shape index (κ1) is 13.7. The maximum absolute atomic E-state index is 6.19. The normalized spacial score (nSPS) is 12.2. The minimum absolute atomic E-state index is 0.0564. The van der Waals surface area contributed by atoms with Crippen molar-refractivity contribution >= 4 is 44.8 Å². The summed E-state index contributed by atoms with van der Waals surface area (Å²) in [4.78, 5) is 4.30. The summed E-state index contributed by atoms with van der Waals surface area (Å²) < 4.78 is 0.783. The Hall–Kier alpha value is -0.770. The van der Waals surface area contributed by atoms with Crippen molar-refractivity contribution in [1.29, 1.82) is 0 Å². The summed E-state index contributed by atoms with van der Waals surface area (Å²) in [7, 11) is 0. The van der Waals surface area contributed by atoms with Crippen molar-refractivity contribution < 1.29 is 0 Å². The third-order valence-electron chi connectivity index (χ3n) is 2.54. The molecule has 0 amide bonds. The van der Waals surface area contributed by atoms with E-state index in [2.05, 4.69) is 26.2 Å². The van der Waals surface area contributed by atoms with Gasteiger partial charge in [0.2, 0.25) is 0 Å². The lowest BCUT2D eigenvalue weighted by Gasteiger charge is -2.16. The van der Waals surface area contributed by atoms with E-state index < -0.39 is 0 Å². The minimum atomic E-state index is 0.0564. The van der Waals surface area contributed by atoms with Gasteiger partial charge in [0.05, 0.1) is 27.5 Å². The van der Waals surface area contributed by atoms with Gasteiger partial charge in [-0.25, -0.2) is 0 Å². The van der Waals surface area contributed by atoms with Gasteiger partial charge in [0, 0.05) is 10.7 Å². The van der Waals surface area contributed by atoms with Crippen molar-refractivity contribution in [3.8, 4) is 0 Å². The number of nitrogens with zero attached hydrogens (tertiary/aromatic N) is 1. The second-order valence-electron chi connectivity index (χ2n) is 3.84. The van der Waals surface area contributed by atoms with E-state index in [0.717, 1.165) is 15.9 Å². The molecular weight excluding hydrogens is 335 g/mol. The molecule has 1 atom stereocenters. The van der Waals surface area contributed by atoms with Gasteiger partial charge in [-0.05, 0) is 47.1 Å². The highest BCUT2D eigenvalue weighted by Crippen LogP contribution is 2.37. The summed E-state index contributed by atoms with van der Waals surface area (Å²) in [5.74, 6) is 0. The Labute approximate surface area is 124 Å². The molecule has 94 valence electrons. The third kappa shape index (κ3) is 2.97. The van der Waals surface area contributed by atoms with Crippen LogP contribution in [0.5, 0.6) is 0 Å². The molecule has 1 unspecified atom stereocenters. The van der Waals surface area contributed by atoms with E-state index in [4.69, 9.17) is 23.2 Å². The van der Waals surface area contributed by atoms with Gasteiger partial charge in [0.1, 0.15) is 0 Å². The molecule has 1 aromatic heterocycles. The van der Waals surface area contributed by atoms with E-state index in [1.54, 1.807) is 6.20 Å². The van der Waals surface area contributed by atoms with Crippen LogP contribution < -0.4 is 5.32 Å². The Morgan fingerprint density at radius 2 is 1.94 bits per heavy atom. The van der Waals surface area contributed by atoms with Gasteiger partial charge in [0.15, 0.2) is 0 Å². The van der Waals surface area contributed by atoms with Gasteiger partial charge >= 0.3 is 0 Å². The van der Waals surface area contributed by atoms with E-state index in [9.17, 15) is 0 Å². The first-order chi connectivity index (χ1) is 8.59. The molecule has 0 radical (unpaired) electrons. The number of anilines is 1. The molecule has 18 heavy (non-hydrogen) atoms.